The molecule has 0 aliphatic carbocycles. The molecule has 0 bridgehead atoms. The maximum absolute atomic E-state index is 2.40. The van der Waals surface area contributed by atoms with Crippen molar-refractivity contribution in [3.8, 4) is 0 Å². The molecule has 1 aliphatic rings. The Kier molecular flexibility index (Phi) is 4.46. The number of hydrogen-bond acceptors (Lipinski definition) is 2. The predicted molar refractivity (Wildman–Crippen MR) is 61.8 cm³/mol. The Morgan fingerprint density at radius 3 is 2.50 bits per heavy atom. The van der Waals surface area contributed by atoms with Crippen LogP contribution in [0.1, 0.15) is 46.5 Å². The van der Waals surface area contributed by atoms with E-state index in [9.17, 15) is 0 Å². The van der Waals surface area contributed by atoms with Crippen LogP contribution >= 0.6 is 0 Å². The zero-order valence-corrected chi connectivity index (χ0v) is 10.1. The van der Waals surface area contributed by atoms with Gasteiger partial charge in [-0.25, -0.2) is 5.01 Å². The summed E-state index contributed by atoms with van der Waals surface area (Å²) in [6.07, 6.45) is 7.70. The Hall–Kier alpha value is -0.500. The third kappa shape index (κ3) is 2.74. The maximum atomic E-state index is 2.40. The minimum atomic E-state index is 0.571. The van der Waals surface area contributed by atoms with Gasteiger partial charge in [-0.15, -0.1) is 0 Å². The molecular weight excluding hydrogens is 172 g/mol. The summed E-state index contributed by atoms with van der Waals surface area (Å²) >= 11 is 0. The molecule has 0 spiro atoms. The van der Waals surface area contributed by atoms with Crippen molar-refractivity contribution in [3.63, 3.8) is 0 Å². The second-order valence-electron chi connectivity index (χ2n) is 4.31. The summed E-state index contributed by atoms with van der Waals surface area (Å²) in [5.74, 6) is 0. The van der Waals surface area contributed by atoms with Crippen LogP contribution < -0.4 is 0 Å². The van der Waals surface area contributed by atoms with Gasteiger partial charge in [-0.05, 0) is 26.3 Å². The first-order valence-electron chi connectivity index (χ1n) is 5.85. The van der Waals surface area contributed by atoms with Crippen LogP contribution in [-0.2, 0) is 0 Å². The molecule has 14 heavy (non-hydrogen) atoms. The molecule has 2 nitrogen and oxygen atoms in total. The van der Waals surface area contributed by atoms with Gasteiger partial charge in [-0.2, -0.15) is 0 Å². The molecular formula is C12H24N2. The molecule has 82 valence electrons. The minimum absolute atomic E-state index is 0.571. The van der Waals surface area contributed by atoms with Crippen molar-refractivity contribution in [1.82, 2.24) is 10.0 Å². The number of rotatable bonds is 5. The number of unbranched alkanes of at least 4 members (excludes halogenated alkanes) is 3. The molecule has 1 unspecified atom stereocenters. The van der Waals surface area contributed by atoms with Crippen LogP contribution in [0.3, 0.4) is 0 Å². The number of hydrogen-bond donors (Lipinski definition) is 0. The zero-order chi connectivity index (χ0) is 10.6. The summed E-state index contributed by atoms with van der Waals surface area (Å²) < 4.78 is 0. The lowest BCUT2D eigenvalue weighted by atomic mass is 10.2. The molecule has 1 atom stereocenters. The van der Waals surface area contributed by atoms with Gasteiger partial charge in [0.25, 0.3) is 0 Å². The molecule has 2 heteroatoms. The quantitative estimate of drug-likeness (QED) is 0.624. The van der Waals surface area contributed by atoms with E-state index in [0.29, 0.717) is 6.04 Å². The van der Waals surface area contributed by atoms with Gasteiger partial charge in [0.15, 0.2) is 0 Å². The molecule has 0 saturated heterocycles. The number of likely N-dealkylation sites (N-methyl/N-ethyl adjacent to an activating group) is 1. The molecule has 0 aromatic rings. The fraction of sp³-hybridized carbons (Fsp3) is 0.833. The van der Waals surface area contributed by atoms with E-state index in [1.54, 1.807) is 0 Å². The van der Waals surface area contributed by atoms with Crippen LogP contribution in [-0.4, -0.2) is 29.7 Å². The molecule has 0 aromatic heterocycles. The van der Waals surface area contributed by atoms with Crippen molar-refractivity contribution in [1.29, 1.82) is 0 Å². The summed E-state index contributed by atoms with van der Waals surface area (Å²) in [5, 5.41) is 4.74. The van der Waals surface area contributed by atoms with E-state index in [1.165, 1.54) is 37.9 Å². The minimum Gasteiger partial charge on any atom is -0.310 e. The maximum Gasteiger partial charge on any atom is 0.0461 e. The predicted octanol–water partition coefficient (Wildman–Crippen LogP) is 3.02. The lowest BCUT2D eigenvalue weighted by Gasteiger charge is -2.30. The first-order valence-corrected chi connectivity index (χ1v) is 5.85. The summed E-state index contributed by atoms with van der Waals surface area (Å²) in [5.41, 5.74) is 1.41. The van der Waals surface area contributed by atoms with E-state index in [0.717, 1.165) is 0 Å². The van der Waals surface area contributed by atoms with E-state index in [-0.39, 0.29) is 0 Å². The summed E-state index contributed by atoms with van der Waals surface area (Å²) in [6.45, 7) is 7.90. The van der Waals surface area contributed by atoms with Crippen molar-refractivity contribution in [2.24, 2.45) is 0 Å². The first kappa shape index (κ1) is 11.6. The van der Waals surface area contributed by atoms with Crippen LogP contribution in [0.4, 0.5) is 0 Å². The van der Waals surface area contributed by atoms with E-state index in [1.807, 2.05) is 0 Å². The molecule has 1 rings (SSSR count). The third-order valence-electron chi connectivity index (χ3n) is 3.08. The third-order valence-corrected chi connectivity index (χ3v) is 3.08. The average Bonchev–Trinajstić information content (AvgIpc) is 2.38. The van der Waals surface area contributed by atoms with Crippen molar-refractivity contribution in [2.45, 2.75) is 52.5 Å². The molecule has 1 heterocycles. The van der Waals surface area contributed by atoms with Gasteiger partial charge in [-0.1, -0.05) is 26.2 Å². The Morgan fingerprint density at radius 2 is 2.00 bits per heavy atom. The lowest BCUT2D eigenvalue weighted by Crippen LogP contribution is -2.38. The van der Waals surface area contributed by atoms with Crippen LogP contribution in [0.25, 0.3) is 0 Å². The van der Waals surface area contributed by atoms with Gasteiger partial charge in [-0.3, -0.25) is 0 Å². The van der Waals surface area contributed by atoms with E-state index in [2.05, 4.69) is 43.9 Å². The molecule has 0 saturated carbocycles. The van der Waals surface area contributed by atoms with Crippen molar-refractivity contribution >= 4 is 0 Å². The van der Waals surface area contributed by atoms with Crippen molar-refractivity contribution in [3.05, 3.63) is 11.8 Å². The molecule has 0 amide bonds. The van der Waals surface area contributed by atoms with E-state index >= 15 is 0 Å². The Balaban J connectivity index is 2.27. The highest BCUT2D eigenvalue weighted by atomic mass is 15.6. The van der Waals surface area contributed by atoms with Crippen LogP contribution in [0.15, 0.2) is 11.8 Å². The second-order valence-corrected chi connectivity index (χ2v) is 4.31. The largest absolute Gasteiger partial charge is 0.310 e. The molecule has 0 radical (unpaired) electrons. The SMILES string of the molecule is CCCCCCN1C(C)=CC(C)N1C. The van der Waals surface area contributed by atoms with Crippen molar-refractivity contribution in [2.75, 3.05) is 13.6 Å². The Labute approximate surface area is 88.5 Å². The average molecular weight is 196 g/mol. The Bertz CT molecular complexity index is 198. The first-order chi connectivity index (χ1) is 6.66. The highest BCUT2D eigenvalue weighted by Crippen LogP contribution is 2.20. The second kappa shape index (κ2) is 5.40. The zero-order valence-electron chi connectivity index (χ0n) is 10.1. The van der Waals surface area contributed by atoms with Crippen LogP contribution in [0.5, 0.6) is 0 Å². The Morgan fingerprint density at radius 1 is 1.29 bits per heavy atom. The van der Waals surface area contributed by atoms with E-state index in [4.69, 9.17) is 0 Å². The fourth-order valence-electron chi connectivity index (χ4n) is 2.03. The van der Waals surface area contributed by atoms with Gasteiger partial charge in [0.1, 0.15) is 0 Å². The molecule has 0 N–H and O–H groups in total. The van der Waals surface area contributed by atoms with Gasteiger partial charge < -0.3 is 5.01 Å². The van der Waals surface area contributed by atoms with Gasteiger partial charge in [0, 0.05) is 25.3 Å². The highest BCUT2D eigenvalue weighted by molar-refractivity contribution is 5.07. The summed E-state index contributed by atoms with van der Waals surface area (Å²) in [4.78, 5) is 0. The molecule has 0 aromatic carbocycles. The number of nitrogens with zero attached hydrogens (tertiary/aromatic N) is 2. The highest BCUT2D eigenvalue weighted by Gasteiger charge is 2.22. The van der Waals surface area contributed by atoms with Crippen LogP contribution in [0, 0.1) is 0 Å². The number of allylic oxidation sites excluding steroid dienone is 1. The lowest BCUT2D eigenvalue weighted by molar-refractivity contribution is 0.0393. The molecule has 0 fully saturated rings. The smallest absolute Gasteiger partial charge is 0.0461 e. The normalized spacial score (nSPS) is 23.0. The molecule has 1 aliphatic heterocycles. The number of hydrazine groups is 1. The van der Waals surface area contributed by atoms with Gasteiger partial charge in [0.05, 0.1) is 0 Å². The van der Waals surface area contributed by atoms with Gasteiger partial charge in [0.2, 0.25) is 0 Å². The van der Waals surface area contributed by atoms with E-state index < -0.39 is 0 Å². The van der Waals surface area contributed by atoms with Crippen LogP contribution in [0.2, 0.25) is 0 Å². The topological polar surface area (TPSA) is 6.48 Å². The summed E-state index contributed by atoms with van der Waals surface area (Å²) in [6, 6.07) is 0.571. The fourth-order valence-corrected chi connectivity index (χ4v) is 2.03. The summed E-state index contributed by atoms with van der Waals surface area (Å²) in [7, 11) is 2.18. The van der Waals surface area contributed by atoms with Gasteiger partial charge >= 0.3 is 0 Å². The monoisotopic (exact) mass is 196 g/mol. The van der Waals surface area contributed by atoms with Crippen molar-refractivity contribution < 1.29 is 0 Å². The standard InChI is InChI=1S/C12H24N2/c1-5-6-7-8-9-14-12(3)10-11(2)13(14)4/h10-11H,5-9H2,1-4H3.